The van der Waals surface area contributed by atoms with Gasteiger partial charge < -0.3 is 15.0 Å². The largest absolute Gasteiger partial charge is 0.416 e. The van der Waals surface area contributed by atoms with Crippen LogP contribution in [0.1, 0.15) is 62.6 Å². The van der Waals surface area contributed by atoms with Crippen molar-refractivity contribution in [2.75, 3.05) is 24.5 Å². The van der Waals surface area contributed by atoms with E-state index in [4.69, 9.17) is 9.88 Å². The van der Waals surface area contributed by atoms with Crippen molar-refractivity contribution in [2.45, 2.75) is 77.2 Å². The van der Waals surface area contributed by atoms with Gasteiger partial charge in [0.25, 0.3) is 10.2 Å². The van der Waals surface area contributed by atoms with Crippen LogP contribution in [-0.4, -0.2) is 51.1 Å². The highest BCUT2D eigenvalue weighted by Gasteiger charge is 2.50. The van der Waals surface area contributed by atoms with E-state index in [0.717, 1.165) is 44.6 Å². The third-order valence-electron chi connectivity index (χ3n) is 7.98. The van der Waals surface area contributed by atoms with Crippen molar-refractivity contribution < 1.29 is 31.1 Å². The number of halogens is 3. The summed E-state index contributed by atoms with van der Waals surface area (Å²) in [7, 11) is -4.27. The molecule has 4 rings (SSSR count). The Bertz CT molecular complexity index is 1090. The Kier molecular flexibility index (Phi) is 7.63. The van der Waals surface area contributed by atoms with E-state index in [2.05, 4.69) is 5.32 Å². The minimum Gasteiger partial charge on any atom is -0.381 e. The van der Waals surface area contributed by atoms with Crippen LogP contribution in [0.3, 0.4) is 0 Å². The van der Waals surface area contributed by atoms with Gasteiger partial charge in [-0.3, -0.25) is 9.52 Å². The van der Waals surface area contributed by atoms with Crippen LogP contribution in [0.25, 0.3) is 0 Å². The molecule has 1 saturated carbocycles. The summed E-state index contributed by atoms with van der Waals surface area (Å²) in [6.07, 6.45) is -0.290. The first-order chi connectivity index (χ1) is 16.8. The number of rotatable bonds is 6. The number of nitrogens with two attached hydrogens (primary N) is 1. The second kappa shape index (κ2) is 10.1. The van der Waals surface area contributed by atoms with Gasteiger partial charge in [-0.2, -0.15) is 21.6 Å². The van der Waals surface area contributed by atoms with Crippen molar-refractivity contribution in [1.82, 2.24) is 10.2 Å². The predicted octanol–water partition coefficient (Wildman–Crippen LogP) is 3.17. The second-order valence-electron chi connectivity index (χ2n) is 10.6. The zero-order chi connectivity index (χ0) is 26.3. The lowest BCUT2D eigenvalue weighted by Crippen LogP contribution is -2.49. The molecule has 0 bridgehead atoms. The lowest BCUT2D eigenvalue weighted by molar-refractivity contribution is -0.145. The molecule has 1 saturated heterocycles. The van der Waals surface area contributed by atoms with Gasteiger partial charge in [-0.05, 0) is 67.7 Å². The molecule has 2 aliphatic heterocycles. The first-order valence-electron chi connectivity index (χ1n) is 12.5. The summed E-state index contributed by atoms with van der Waals surface area (Å²) in [6, 6.07) is 2.35. The number of amides is 1. The normalized spacial score (nSPS) is 25.8. The van der Waals surface area contributed by atoms with Gasteiger partial charge in [-0.25, -0.2) is 5.14 Å². The summed E-state index contributed by atoms with van der Waals surface area (Å²) in [5, 5.41) is 8.75. The quantitative estimate of drug-likeness (QED) is 0.521. The van der Waals surface area contributed by atoms with Crippen LogP contribution in [0, 0.1) is 11.3 Å². The molecule has 2 heterocycles. The third-order valence-corrected chi connectivity index (χ3v) is 8.48. The van der Waals surface area contributed by atoms with Crippen molar-refractivity contribution in [3.8, 4) is 0 Å². The van der Waals surface area contributed by atoms with Crippen LogP contribution in [0.15, 0.2) is 12.1 Å². The van der Waals surface area contributed by atoms with Gasteiger partial charge in [0.1, 0.15) is 0 Å². The Morgan fingerprint density at radius 2 is 1.89 bits per heavy atom. The van der Waals surface area contributed by atoms with Crippen LogP contribution < -0.4 is 15.2 Å². The Labute approximate surface area is 210 Å². The molecule has 202 valence electrons. The molecule has 3 aliphatic rings. The molecule has 2 fully saturated rings. The number of ether oxygens (including phenoxy) is 1. The Morgan fingerprint density at radius 3 is 2.50 bits per heavy atom. The van der Waals surface area contributed by atoms with Crippen LogP contribution in [0.4, 0.5) is 18.9 Å². The van der Waals surface area contributed by atoms with E-state index < -0.39 is 27.4 Å². The zero-order valence-electron chi connectivity index (χ0n) is 20.7. The Balaban J connectivity index is 1.57. The molecular formula is C24H35F3N4O4S. The van der Waals surface area contributed by atoms with E-state index in [1.807, 2.05) is 18.6 Å². The second-order valence-corrected chi connectivity index (χ2v) is 11.9. The van der Waals surface area contributed by atoms with Crippen molar-refractivity contribution in [3.63, 3.8) is 0 Å². The number of fused-ring (bicyclic) bond motifs is 1. The van der Waals surface area contributed by atoms with Gasteiger partial charge >= 0.3 is 6.18 Å². The van der Waals surface area contributed by atoms with Crippen LogP contribution in [0.2, 0.25) is 0 Å². The smallest absolute Gasteiger partial charge is 0.381 e. The number of benzene rings is 1. The van der Waals surface area contributed by atoms with E-state index in [0.29, 0.717) is 31.0 Å². The lowest BCUT2D eigenvalue weighted by atomic mass is 9.73. The van der Waals surface area contributed by atoms with Gasteiger partial charge in [0.05, 0.1) is 16.7 Å². The zero-order valence-corrected chi connectivity index (χ0v) is 21.5. The first-order valence-corrected chi connectivity index (χ1v) is 14.0. The fraction of sp³-hybridized carbons (Fsp3) is 0.708. The van der Waals surface area contributed by atoms with E-state index in [9.17, 15) is 26.4 Å². The van der Waals surface area contributed by atoms with Gasteiger partial charge in [0.2, 0.25) is 5.91 Å². The molecule has 1 aromatic rings. The fourth-order valence-electron chi connectivity index (χ4n) is 5.98. The maximum atomic E-state index is 13.9. The van der Waals surface area contributed by atoms with Crippen molar-refractivity contribution in [3.05, 3.63) is 28.8 Å². The predicted molar refractivity (Wildman–Crippen MR) is 129 cm³/mol. The Hall–Kier alpha value is -1.89. The number of alkyl halides is 3. The average molecular weight is 533 g/mol. The van der Waals surface area contributed by atoms with Crippen molar-refractivity contribution in [1.29, 1.82) is 0 Å². The van der Waals surface area contributed by atoms with Crippen molar-refractivity contribution in [2.24, 2.45) is 16.5 Å². The van der Waals surface area contributed by atoms with Crippen LogP contribution in [-0.2, 0) is 38.9 Å². The highest BCUT2D eigenvalue weighted by atomic mass is 32.2. The Morgan fingerprint density at radius 1 is 1.19 bits per heavy atom. The number of nitrogens with one attached hydrogen (secondary N) is 2. The van der Waals surface area contributed by atoms with E-state index in [1.165, 1.54) is 0 Å². The van der Waals surface area contributed by atoms with Crippen LogP contribution >= 0.6 is 0 Å². The van der Waals surface area contributed by atoms with Gasteiger partial charge in [0, 0.05) is 38.4 Å². The number of hydrogen-bond donors (Lipinski definition) is 3. The van der Waals surface area contributed by atoms with Gasteiger partial charge in [-0.15, -0.1) is 0 Å². The molecule has 0 spiro atoms. The molecule has 4 N–H and O–H groups in total. The molecular weight excluding hydrogens is 497 g/mol. The minimum atomic E-state index is -4.68. The maximum absolute atomic E-state index is 13.9. The number of carbonyl (C=O) groups is 1. The van der Waals surface area contributed by atoms with Crippen molar-refractivity contribution >= 4 is 21.8 Å². The number of carbonyl (C=O) groups excluding carboxylic acids is 1. The third kappa shape index (κ3) is 5.81. The van der Waals surface area contributed by atoms with E-state index >= 15 is 0 Å². The summed E-state index contributed by atoms with van der Waals surface area (Å²) in [4.78, 5) is 15.6. The molecule has 2 atom stereocenters. The molecule has 0 aromatic heterocycles. The minimum absolute atomic E-state index is 0.0100. The maximum Gasteiger partial charge on any atom is 0.416 e. The summed E-state index contributed by atoms with van der Waals surface area (Å²) < 4.78 is 71.4. The average Bonchev–Trinajstić information content (AvgIpc) is 3.22. The monoisotopic (exact) mass is 532 g/mol. The molecule has 1 aromatic carbocycles. The van der Waals surface area contributed by atoms with Crippen LogP contribution in [0.5, 0.6) is 0 Å². The molecule has 12 heteroatoms. The van der Waals surface area contributed by atoms with Gasteiger partial charge in [-0.1, -0.05) is 13.8 Å². The van der Waals surface area contributed by atoms with Gasteiger partial charge in [0.15, 0.2) is 0 Å². The molecule has 1 amide bonds. The molecule has 0 radical (unpaired) electrons. The number of hydrogen-bond acceptors (Lipinski definition) is 5. The fourth-order valence-corrected chi connectivity index (χ4v) is 6.47. The summed E-state index contributed by atoms with van der Waals surface area (Å²) >= 11 is 0. The summed E-state index contributed by atoms with van der Waals surface area (Å²) in [6.45, 7) is 5.81. The van der Waals surface area contributed by atoms with E-state index in [1.54, 1.807) is 4.90 Å². The molecule has 8 nitrogen and oxygen atoms in total. The first kappa shape index (κ1) is 27.2. The summed E-state index contributed by atoms with van der Waals surface area (Å²) in [5.41, 5.74) is -1.05. The molecule has 0 unspecified atom stereocenters. The highest BCUT2D eigenvalue weighted by Crippen LogP contribution is 2.47. The standard InChI is InChI=1S/C24H35F3N4O4S/c1-15(2)23(7-3-19(13-23)29-18-5-9-35-10-6-18)22(32)31-8-4-20-16(14-31)11-17(24(25,26)27)12-21(20)30-36(28,33)34/h11-12,15,18-19,29-30H,3-10,13-14H2,1-2H3,(H2,28,33,34)/t19-,23+/m1/s1. The SMILES string of the molecule is CC(C)[C@]1(C(=O)N2CCc3c(cc(C(F)(F)F)cc3NS(N)(=O)=O)C2)CC[C@@H](NC2CCOCC2)C1. The lowest BCUT2D eigenvalue weighted by Gasteiger charge is -2.40. The topological polar surface area (TPSA) is 114 Å². The molecule has 36 heavy (non-hydrogen) atoms. The van der Waals surface area contributed by atoms with E-state index in [-0.39, 0.29) is 42.1 Å². The molecule has 1 aliphatic carbocycles. The number of anilines is 1. The number of nitrogens with zero attached hydrogens (tertiary/aromatic N) is 1. The summed E-state index contributed by atoms with van der Waals surface area (Å²) in [5.74, 6) is 0.0202. The highest BCUT2D eigenvalue weighted by molar-refractivity contribution is 7.90.